The number of carbonyl (C=O) groups is 2. The molecule has 31 heavy (non-hydrogen) atoms. The topological polar surface area (TPSA) is 130 Å². The van der Waals surface area contributed by atoms with E-state index >= 15 is 0 Å². The molecular formula is C20H27ClFN3O5S. The van der Waals surface area contributed by atoms with E-state index in [0.717, 1.165) is 6.07 Å². The van der Waals surface area contributed by atoms with Crippen LogP contribution in [-0.2, 0) is 26.0 Å². The Hall–Kier alpha value is -1.75. The summed E-state index contributed by atoms with van der Waals surface area (Å²) in [6, 6.07) is 3.77. The van der Waals surface area contributed by atoms with E-state index in [4.69, 9.17) is 17.3 Å². The predicted octanol–water partition coefficient (Wildman–Crippen LogP) is 1.09. The van der Waals surface area contributed by atoms with Crippen molar-refractivity contribution in [3.05, 3.63) is 34.6 Å². The first-order chi connectivity index (χ1) is 14.4. The number of carbonyl (C=O) groups excluding carboxylic acids is 2. The van der Waals surface area contributed by atoms with E-state index in [0.29, 0.717) is 24.8 Å². The Balaban J connectivity index is 1.72. The third-order valence-corrected chi connectivity index (χ3v) is 8.65. The lowest BCUT2D eigenvalue weighted by Gasteiger charge is -2.44. The first kappa shape index (κ1) is 23.9. The number of nitrogens with two attached hydrogens (primary N) is 1. The predicted molar refractivity (Wildman–Crippen MR) is 113 cm³/mol. The van der Waals surface area contributed by atoms with Gasteiger partial charge in [0.25, 0.3) is 11.8 Å². The summed E-state index contributed by atoms with van der Waals surface area (Å²) in [6.45, 7) is 1.47. The molecule has 2 aliphatic rings. The molecule has 3 unspecified atom stereocenters. The molecule has 1 saturated carbocycles. The molecule has 0 spiro atoms. The van der Waals surface area contributed by atoms with Crippen molar-refractivity contribution in [3.63, 3.8) is 0 Å². The molecule has 3 atom stereocenters. The molecular weight excluding hydrogens is 449 g/mol. The van der Waals surface area contributed by atoms with Gasteiger partial charge in [-0.15, -0.1) is 0 Å². The summed E-state index contributed by atoms with van der Waals surface area (Å²) in [6.07, 6.45) is 1.27. The number of likely N-dealkylation sites (tertiary alicyclic amines) is 1. The smallest absolute Gasteiger partial charge is 0.265 e. The molecule has 3 rings (SSSR count). The summed E-state index contributed by atoms with van der Waals surface area (Å²) in [7, 11) is -3.33. The van der Waals surface area contributed by atoms with Gasteiger partial charge < -0.3 is 21.1 Å². The monoisotopic (exact) mass is 475 g/mol. The highest BCUT2D eigenvalue weighted by atomic mass is 35.5. The molecule has 2 fully saturated rings. The van der Waals surface area contributed by atoms with Crippen LogP contribution in [0.5, 0.6) is 0 Å². The molecule has 0 bridgehead atoms. The van der Waals surface area contributed by atoms with E-state index in [1.807, 2.05) is 0 Å². The van der Waals surface area contributed by atoms with Crippen molar-refractivity contribution >= 4 is 33.3 Å². The lowest BCUT2D eigenvalue weighted by molar-refractivity contribution is -0.157. The van der Waals surface area contributed by atoms with E-state index in [2.05, 4.69) is 5.32 Å². The van der Waals surface area contributed by atoms with Gasteiger partial charge in [-0.05, 0) is 43.0 Å². The highest BCUT2D eigenvalue weighted by Crippen LogP contribution is 2.38. The molecule has 172 valence electrons. The van der Waals surface area contributed by atoms with Gasteiger partial charge >= 0.3 is 0 Å². The van der Waals surface area contributed by atoms with Crippen LogP contribution < -0.4 is 11.1 Å². The second-order valence-corrected chi connectivity index (χ2v) is 11.3. The van der Waals surface area contributed by atoms with E-state index < -0.39 is 44.0 Å². The van der Waals surface area contributed by atoms with Gasteiger partial charge in [0.2, 0.25) is 5.60 Å². The normalized spacial score (nSPS) is 29.3. The molecule has 1 heterocycles. The van der Waals surface area contributed by atoms with Gasteiger partial charge in [0.1, 0.15) is 5.82 Å². The van der Waals surface area contributed by atoms with E-state index in [1.54, 1.807) is 6.92 Å². The van der Waals surface area contributed by atoms with Crippen LogP contribution in [0.3, 0.4) is 0 Å². The number of nitrogens with one attached hydrogen (secondary N) is 1. The highest BCUT2D eigenvalue weighted by Gasteiger charge is 2.56. The Labute approximate surface area is 185 Å². The second kappa shape index (κ2) is 8.65. The summed E-state index contributed by atoms with van der Waals surface area (Å²) in [5, 5.41) is 12.8. The molecule has 11 heteroatoms. The number of rotatable bonds is 6. The fraction of sp³-hybridized carbons (Fsp3) is 0.600. The lowest BCUT2D eigenvalue weighted by atomic mass is 9.87. The lowest BCUT2D eigenvalue weighted by Crippen LogP contribution is -2.63. The minimum Gasteiger partial charge on any atom is -0.372 e. The average molecular weight is 476 g/mol. The number of amides is 2. The first-order valence-corrected chi connectivity index (χ1v) is 12.3. The maximum atomic E-state index is 13.5. The van der Waals surface area contributed by atoms with Crippen molar-refractivity contribution in [2.45, 2.75) is 62.1 Å². The summed E-state index contributed by atoms with van der Waals surface area (Å²) >= 11 is 5.80. The van der Waals surface area contributed by atoms with Crippen molar-refractivity contribution in [2.75, 3.05) is 12.3 Å². The van der Waals surface area contributed by atoms with Crippen LogP contribution in [0.15, 0.2) is 18.2 Å². The van der Waals surface area contributed by atoms with E-state index in [-0.39, 0.29) is 36.7 Å². The van der Waals surface area contributed by atoms with Gasteiger partial charge in [0.05, 0.1) is 10.9 Å². The Morgan fingerprint density at radius 3 is 2.74 bits per heavy atom. The number of aliphatic hydroxyl groups is 1. The number of hydrogen-bond acceptors (Lipinski definition) is 6. The number of sulfone groups is 1. The van der Waals surface area contributed by atoms with Crippen LogP contribution in [0, 0.1) is 5.82 Å². The molecule has 0 aromatic heterocycles. The molecule has 1 aliphatic heterocycles. The number of benzene rings is 1. The Morgan fingerprint density at radius 2 is 2.10 bits per heavy atom. The SMILES string of the molecule is CCS(=O)(=O)C1CCCC(N)(N2CCC(O)(C(=O)NCc3cc(F)cc(Cl)c3)C2=O)C1. The van der Waals surface area contributed by atoms with Gasteiger partial charge in [-0.3, -0.25) is 9.59 Å². The zero-order valence-electron chi connectivity index (χ0n) is 17.2. The molecule has 1 saturated heterocycles. The van der Waals surface area contributed by atoms with E-state index in [9.17, 15) is 27.5 Å². The molecule has 2 amide bonds. The molecule has 0 radical (unpaired) electrons. The molecule has 1 aromatic carbocycles. The van der Waals surface area contributed by atoms with Crippen LogP contribution in [-0.4, -0.2) is 59.1 Å². The third kappa shape index (κ3) is 4.72. The van der Waals surface area contributed by atoms with Gasteiger partial charge in [-0.2, -0.15) is 0 Å². The molecule has 4 N–H and O–H groups in total. The molecule has 8 nitrogen and oxygen atoms in total. The maximum absolute atomic E-state index is 13.5. The van der Waals surface area contributed by atoms with E-state index in [1.165, 1.54) is 17.0 Å². The van der Waals surface area contributed by atoms with Crippen LogP contribution in [0.1, 0.15) is 44.6 Å². The van der Waals surface area contributed by atoms with Crippen LogP contribution >= 0.6 is 11.6 Å². The Kier molecular flexibility index (Phi) is 6.67. The summed E-state index contributed by atoms with van der Waals surface area (Å²) in [5.74, 6) is -2.35. The average Bonchev–Trinajstić information content (AvgIpc) is 3.02. The Morgan fingerprint density at radius 1 is 1.39 bits per heavy atom. The fourth-order valence-electron chi connectivity index (χ4n) is 4.40. The van der Waals surface area contributed by atoms with Crippen molar-refractivity contribution in [1.29, 1.82) is 0 Å². The van der Waals surface area contributed by atoms with Crippen molar-refractivity contribution in [1.82, 2.24) is 10.2 Å². The second-order valence-electron chi connectivity index (χ2n) is 8.30. The van der Waals surface area contributed by atoms with Gasteiger partial charge in [-0.25, -0.2) is 12.8 Å². The summed E-state index contributed by atoms with van der Waals surface area (Å²) in [4.78, 5) is 26.9. The van der Waals surface area contributed by atoms with Crippen LogP contribution in [0.25, 0.3) is 0 Å². The Bertz CT molecular complexity index is 971. The minimum atomic E-state index is -3.33. The largest absolute Gasteiger partial charge is 0.372 e. The standard InChI is InChI=1S/C20H27ClFN3O5S/c1-2-31(29,30)16-4-3-5-19(23,11-16)25-7-6-20(28,18(25)27)17(26)24-12-13-8-14(21)10-15(22)9-13/h8-10,16,28H,2-7,11-12,23H2,1H3,(H,24,26). The fourth-order valence-corrected chi connectivity index (χ4v) is 6.19. The van der Waals surface area contributed by atoms with Crippen molar-refractivity contribution < 1.29 is 27.5 Å². The molecule has 1 aliphatic carbocycles. The maximum Gasteiger partial charge on any atom is 0.265 e. The summed E-state index contributed by atoms with van der Waals surface area (Å²) < 4.78 is 38.1. The number of nitrogens with zero attached hydrogens (tertiary/aromatic N) is 1. The molecule has 1 aromatic rings. The van der Waals surface area contributed by atoms with Gasteiger partial charge in [-0.1, -0.05) is 18.5 Å². The van der Waals surface area contributed by atoms with Crippen LogP contribution in [0.2, 0.25) is 5.02 Å². The van der Waals surface area contributed by atoms with Gasteiger partial charge in [0.15, 0.2) is 9.84 Å². The summed E-state index contributed by atoms with van der Waals surface area (Å²) in [5.41, 5.74) is 3.27. The number of halogens is 2. The van der Waals surface area contributed by atoms with Crippen LogP contribution in [0.4, 0.5) is 4.39 Å². The number of hydrogen-bond donors (Lipinski definition) is 3. The van der Waals surface area contributed by atoms with Crippen molar-refractivity contribution in [2.24, 2.45) is 5.73 Å². The third-order valence-electron chi connectivity index (χ3n) is 6.21. The quantitative estimate of drug-likeness (QED) is 0.528. The zero-order valence-corrected chi connectivity index (χ0v) is 18.8. The van der Waals surface area contributed by atoms with Crippen molar-refractivity contribution in [3.8, 4) is 0 Å². The first-order valence-electron chi connectivity index (χ1n) is 10.2. The van der Waals surface area contributed by atoms with Gasteiger partial charge in [0, 0.05) is 36.7 Å². The highest BCUT2D eigenvalue weighted by molar-refractivity contribution is 7.92. The zero-order chi connectivity index (χ0) is 23.0. The minimum absolute atomic E-state index is 0.0157.